The van der Waals surface area contributed by atoms with Crippen LogP contribution in [0.1, 0.15) is 87.1 Å². The van der Waals surface area contributed by atoms with Crippen molar-refractivity contribution in [2.45, 2.75) is 142 Å². The molecule has 0 saturated carbocycles. The standard InChI is InChI=1S/C46H65N5O12/c1-12-35-46(9)39(49-44(57)63-46)27(4)36(53)25(2)24-45(8,62-43(56)47-21-13-15-31-17-19-32(20-18-31)33-16-14-22-48-50-33)40(28(5)37(54)29(6)41(55)60-35)61-42-38(59-30(7)52)34(51(10)11)23-26(3)58-42/h13-20,22,25-29,34-35,37-40,42,54H,12,21,23-24H2,1-11H3,(H,47,56)(H,49,57)/b15-13+/t25-,26-,27+,28+,29-,34+,35-,37+,38-,39-,40-,42+,45-,46-/m1/s1. The minimum atomic E-state index is -1.73. The Morgan fingerprint density at radius 3 is 2.37 bits per heavy atom. The van der Waals surface area contributed by atoms with Crippen molar-refractivity contribution in [3.63, 3.8) is 0 Å². The van der Waals surface area contributed by atoms with E-state index in [1.807, 2.05) is 68.4 Å². The Kier molecular flexibility index (Phi) is 16.1. The smallest absolute Gasteiger partial charge is 0.408 e. The van der Waals surface area contributed by atoms with E-state index in [1.165, 1.54) is 13.8 Å². The Bertz CT molecular complexity index is 1950. The van der Waals surface area contributed by atoms with Crippen LogP contribution >= 0.6 is 0 Å². The van der Waals surface area contributed by atoms with E-state index in [2.05, 4.69) is 20.8 Å². The van der Waals surface area contributed by atoms with Crippen LogP contribution in [0, 0.1) is 23.7 Å². The number of aliphatic hydroxyl groups excluding tert-OH is 1. The molecule has 14 atom stereocenters. The molecule has 0 aliphatic carbocycles. The summed E-state index contributed by atoms with van der Waals surface area (Å²) in [6, 6.07) is 10.1. The number of amides is 2. The number of carbonyl (C=O) groups excluding carboxylic acids is 5. The number of nitrogens with one attached hydrogen (secondary N) is 2. The van der Waals surface area contributed by atoms with Gasteiger partial charge < -0.3 is 49.1 Å². The van der Waals surface area contributed by atoms with Gasteiger partial charge in [0.05, 0.1) is 35.9 Å². The molecule has 3 saturated heterocycles. The van der Waals surface area contributed by atoms with Crippen LogP contribution in [0.25, 0.3) is 17.3 Å². The maximum Gasteiger partial charge on any atom is 0.408 e. The second-order valence-electron chi connectivity index (χ2n) is 17.9. The van der Waals surface area contributed by atoms with Gasteiger partial charge in [-0.25, -0.2) is 9.59 Å². The van der Waals surface area contributed by atoms with E-state index in [0.29, 0.717) is 6.42 Å². The van der Waals surface area contributed by atoms with Crippen molar-refractivity contribution < 1.29 is 57.5 Å². The normalized spacial score (nSPS) is 35.5. The summed E-state index contributed by atoms with van der Waals surface area (Å²) in [4.78, 5) is 69.8. The molecule has 346 valence electrons. The minimum Gasteiger partial charge on any atom is -0.458 e. The summed E-state index contributed by atoms with van der Waals surface area (Å²) >= 11 is 0. The van der Waals surface area contributed by atoms with Crippen LogP contribution < -0.4 is 10.6 Å². The Morgan fingerprint density at radius 1 is 1.05 bits per heavy atom. The molecule has 3 fully saturated rings. The van der Waals surface area contributed by atoms with E-state index in [1.54, 1.807) is 53.8 Å². The molecule has 4 heterocycles. The number of rotatable bonds is 10. The molecule has 3 aliphatic heterocycles. The van der Waals surface area contributed by atoms with E-state index in [4.69, 9.17) is 28.4 Å². The highest BCUT2D eigenvalue weighted by Crippen LogP contribution is 2.41. The van der Waals surface area contributed by atoms with Gasteiger partial charge in [0, 0.05) is 43.0 Å². The lowest BCUT2D eigenvalue weighted by Gasteiger charge is -2.48. The predicted octanol–water partition coefficient (Wildman–Crippen LogP) is 5.09. The number of hydrogen-bond acceptors (Lipinski definition) is 15. The fraction of sp³-hybridized carbons (Fsp3) is 0.630. The first-order chi connectivity index (χ1) is 29.7. The number of Topliss-reactive ketones (excluding diaryl/α,β-unsaturated/α-hetero) is 1. The van der Waals surface area contributed by atoms with Crippen LogP contribution in [0.15, 0.2) is 48.7 Å². The first-order valence-corrected chi connectivity index (χ1v) is 21.8. The Hall–Kier alpha value is -4.97. The molecule has 63 heavy (non-hydrogen) atoms. The zero-order valence-electron chi connectivity index (χ0n) is 38.2. The first-order valence-electron chi connectivity index (χ1n) is 21.8. The fourth-order valence-electron chi connectivity index (χ4n) is 9.35. The molecule has 0 bridgehead atoms. The largest absolute Gasteiger partial charge is 0.458 e. The molecular formula is C46H65N5O12. The number of hydrogen-bond donors (Lipinski definition) is 3. The third-order valence-corrected chi connectivity index (χ3v) is 12.7. The topological polar surface area (TPSA) is 214 Å². The molecule has 1 aromatic heterocycles. The maximum atomic E-state index is 14.6. The molecule has 17 nitrogen and oxygen atoms in total. The lowest BCUT2D eigenvalue weighted by Crippen LogP contribution is -2.61. The highest BCUT2D eigenvalue weighted by Gasteiger charge is 2.58. The van der Waals surface area contributed by atoms with Crippen LogP contribution in [-0.2, 0) is 42.8 Å². The summed E-state index contributed by atoms with van der Waals surface area (Å²) < 4.78 is 37.2. The van der Waals surface area contributed by atoms with Crippen LogP contribution in [0.4, 0.5) is 9.59 Å². The number of fused-ring (bicyclic) bond motifs is 1. The molecule has 5 rings (SSSR count). The highest BCUT2D eigenvalue weighted by atomic mass is 16.7. The number of benzene rings is 1. The minimum absolute atomic E-state index is 0.0553. The number of ketones is 1. The number of aliphatic hydroxyl groups is 1. The van der Waals surface area contributed by atoms with Gasteiger partial charge in [0.25, 0.3) is 0 Å². The van der Waals surface area contributed by atoms with E-state index in [0.717, 1.165) is 16.8 Å². The lowest BCUT2D eigenvalue weighted by molar-refractivity contribution is -0.300. The number of alkyl carbamates (subject to hydrolysis) is 2. The second kappa shape index (κ2) is 20.7. The molecule has 0 spiro atoms. The summed E-state index contributed by atoms with van der Waals surface area (Å²) in [6.45, 7) is 14.7. The molecule has 3 N–H and O–H groups in total. The number of carbonyl (C=O) groups is 5. The first kappa shape index (κ1) is 49.1. The Balaban J connectivity index is 1.52. The van der Waals surface area contributed by atoms with Crippen molar-refractivity contribution in [3.8, 4) is 11.3 Å². The van der Waals surface area contributed by atoms with E-state index >= 15 is 0 Å². The van der Waals surface area contributed by atoms with Crippen molar-refractivity contribution in [1.29, 1.82) is 0 Å². The summed E-state index contributed by atoms with van der Waals surface area (Å²) in [5, 5.41) is 25.7. The van der Waals surface area contributed by atoms with Crippen LogP contribution in [0.5, 0.6) is 0 Å². The molecule has 3 aliphatic rings. The van der Waals surface area contributed by atoms with Crippen LogP contribution in [0.3, 0.4) is 0 Å². The van der Waals surface area contributed by atoms with Crippen molar-refractivity contribution in [1.82, 2.24) is 25.7 Å². The SMILES string of the molecule is CC[C@H]1OC(=O)[C@H](C)[C@@H](O)[C@H](C)[C@@H](O[C@@H]2O[C@H](C)C[C@H](N(C)C)[C@H]2OC(C)=O)[C@](C)(OC(=O)NC/C=C/c2ccc(-c3cccnn3)cc2)C[C@@H](C)C(=O)[C@H](C)[C@H]2NC(=O)O[C@@]21C. The number of nitrogens with zero attached hydrogens (tertiary/aromatic N) is 3. The van der Waals surface area contributed by atoms with Gasteiger partial charge in [0.15, 0.2) is 18.0 Å². The number of esters is 2. The molecular weight excluding hydrogens is 815 g/mol. The van der Waals surface area contributed by atoms with Crippen molar-refractivity contribution >= 4 is 36.0 Å². The van der Waals surface area contributed by atoms with E-state index in [9.17, 15) is 29.1 Å². The number of cyclic esters (lactones) is 1. The van der Waals surface area contributed by atoms with Gasteiger partial charge in [-0.3, -0.25) is 14.4 Å². The van der Waals surface area contributed by atoms with Gasteiger partial charge in [-0.15, -0.1) is 0 Å². The summed E-state index contributed by atoms with van der Waals surface area (Å²) in [5.74, 6) is -5.54. The molecule has 17 heteroatoms. The van der Waals surface area contributed by atoms with Gasteiger partial charge in [0.2, 0.25) is 0 Å². The summed E-state index contributed by atoms with van der Waals surface area (Å²) in [5.41, 5.74) is -0.660. The van der Waals surface area contributed by atoms with Crippen molar-refractivity contribution in [2.75, 3.05) is 20.6 Å². The number of aromatic nitrogens is 2. The van der Waals surface area contributed by atoms with Gasteiger partial charge in [-0.1, -0.05) is 64.1 Å². The quantitative estimate of drug-likeness (QED) is 0.209. The van der Waals surface area contributed by atoms with Gasteiger partial charge in [-0.2, -0.15) is 10.2 Å². The monoisotopic (exact) mass is 879 g/mol. The van der Waals surface area contributed by atoms with Gasteiger partial charge in [0.1, 0.15) is 23.6 Å². The second-order valence-corrected chi connectivity index (χ2v) is 17.9. The zero-order chi connectivity index (χ0) is 46.4. The van der Waals surface area contributed by atoms with E-state index in [-0.39, 0.29) is 37.3 Å². The Morgan fingerprint density at radius 2 is 1.75 bits per heavy atom. The number of likely N-dealkylation sites (N-methyl/N-ethyl adjacent to an activating group) is 1. The summed E-state index contributed by atoms with van der Waals surface area (Å²) in [6.07, 6.45) is -2.15. The molecule has 2 amide bonds. The van der Waals surface area contributed by atoms with Crippen molar-refractivity contribution in [2.24, 2.45) is 23.7 Å². The number of ether oxygens (including phenoxy) is 6. The average molecular weight is 880 g/mol. The molecule has 1 aromatic carbocycles. The average Bonchev–Trinajstić information content (AvgIpc) is 3.56. The van der Waals surface area contributed by atoms with Crippen LogP contribution in [-0.4, -0.2) is 131 Å². The summed E-state index contributed by atoms with van der Waals surface area (Å²) in [7, 11) is 3.69. The molecule has 0 unspecified atom stereocenters. The van der Waals surface area contributed by atoms with Crippen molar-refractivity contribution in [3.05, 3.63) is 54.2 Å². The van der Waals surface area contributed by atoms with Gasteiger partial charge >= 0.3 is 24.1 Å². The van der Waals surface area contributed by atoms with Crippen LogP contribution in [0.2, 0.25) is 0 Å². The van der Waals surface area contributed by atoms with Gasteiger partial charge in [-0.05, 0) is 78.7 Å². The maximum absolute atomic E-state index is 14.6. The third-order valence-electron chi connectivity index (χ3n) is 12.7. The fourth-order valence-corrected chi connectivity index (χ4v) is 9.35. The lowest BCUT2D eigenvalue weighted by atomic mass is 9.73. The predicted molar refractivity (Wildman–Crippen MR) is 231 cm³/mol. The van der Waals surface area contributed by atoms with E-state index < -0.39 is 95.7 Å². The molecule has 0 radical (unpaired) electrons. The molecule has 2 aromatic rings. The third kappa shape index (κ3) is 11.4. The Labute approximate surface area is 369 Å². The zero-order valence-corrected chi connectivity index (χ0v) is 38.2. The highest BCUT2D eigenvalue weighted by molar-refractivity contribution is 5.85.